The number of anilines is 1. The summed E-state index contributed by atoms with van der Waals surface area (Å²) in [5.74, 6) is -1.64. The Hall–Kier alpha value is -3.03. The molecule has 5 nitrogen and oxygen atoms in total. The van der Waals surface area contributed by atoms with Crippen LogP contribution in [0.3, 0.4) is 0 Å². The van der Waals surface area contributed by atoms with Crippen molar-refractivity contribution in [3.05, 3.63) is 54.6 Å². The normalized spacial score (nSPS) is 19.9. The van der Waals surface area contributed by atoms with Crippen LogP contribution in [-0.2, 0) is 9.59 Å². The Balaban J connectivity index is 1.63. The number of carbonyl (C=O) groups is 2. The van der Waals surface area contributed by atoms with Crippen LogP contribution in [0.15, 0.2) is 54.6 Å². The van der Waals surface area contributed by atoms with Gasteiger partial charge < -0.3 is 15.4 Å². The van der Waals surface area contributed by atoms with Gasteiger partial charge in [-0.25, -0.2) is 0 Å². The van der Waals surface area contributed by atoms with E-state index in [1.807, 2.05) is 23.5 Å². The van der Waals surface area contributed by atoms with Crippen LogP contribution >= 0.6 is 0 Å². The standard InChI is InChI=1S/C19H17F3N2O3/c20-19(21,22)16-10-9-15(18(26)24-16)17(25)23-12-5-4-8-14(11-12)27-13-6-2-1-3-7-13/h1-8,11,15-16H,9-10H2,(H,23,25)(H,24,26). The molecule has 1 fully saturated rings. The number of rotatable bonds is 4. The highest BCUT2D eigenvalue weighted by Crippen LogP contribution is 2.29. The molecule has 0 aromatic heterocycles. The smallest absolute Gasteiger partial charge is 0.408 e. The van der Waals surface area contributed by atoms with Gasteiger partial charge in [-0.3, -0.25) is 9.59 Å². The minimum Gasteiger partial charge on any atom is -0.457 e. The largest absolute Gasteiger partial charge is 0.457 e. The number of hydrogen-bond acceptors (Lipinski definition) is 3. The van der Waals surface area contributed by atoms with Crippen molar-refractivity contribution in [3.8, 4) is 11.5 Å². The second kappa shape index (κ2) is 7.69. The molecule has 3 rings (SSSR count). The van der Waals surface area contributed by atoms with Crippen molar-refractivity contribution in [3.63, 3.8) is 0 Å². The summed E-state index contributed by atoms with van der Waals surface area (Å²) in [7, 11) is 0. The number of para-hydroxylation sites is 1. The molecule has 0 bridgehead atoms. The zero-order chi connectivity index (χ0) is 19.4. The summed E-state index contributed by atoms with van der Waals surface area (Å²) in [5.41, 5.74) is 0.388. The summed E-state index contributed by atoms with van der Waals surface area (Å²) in [4.78, 5) is 24.2. The molecule has 0 aliphatic carbocycles. The maximum Gasteiger partial charge on any atom is 0.408 e. The number of carbonyl (C=O) groups excluding carboxylic acids is 2. The summed E-state index contributed by atoms with van der Waals surface area (Å²) in [6.45, 7) is 0. The Bertz CT molecular complexity index is 824. The first-order valence-electron chi connectivity index (χ1n) is 8.34. The number of piperidine rings is 1. The van der Waals surface area contributed by atoms with Gasteiger partial charge in [0, 0.05) is 11.8 Å². The van der Waals surface area contributed by atoms with Crippen LogP contribution in [0.5, 0.6) is 11.5 Å². The summed E-state index contributed by atoms with van der Waals surface area (Å²) in [6, 6.07) is 13.7. The molecular formula is C19H17F3N2O3. The van der Waals surface area contributed by atoms with Gasteiger partial charge in [-0.05, 0) is 37.1 Å². The molecular weight excluding hydrogens is 361 g/mol. The number of halogens is 3. The molecule has 27 heavy (non-hydrogen) atoms. The molecule has 1 heterocycles. The lowest BCUT2D eigenvalue weighted by Gasteiger charge is -2.29. The lowest BCUT2D eigenvalue weighted by molar-refractivity contribution is -0.170. The molecule has 8 heteroatoms. The van der Waals surface area contributed by atoms with Crippen molar-refractivity contribution in [1.82, 2.24) is 5.32 Å². The third-order valence-electron chi connectivity index (χ3n) is 4.17. The molecule has 0 saturated carbocycles. The molecule has 1 aliphatic heterocycles. The number of alkyl halides is 3. The fraction of sp³-hybridized carbons (Fsp3) is 0.263. The summed E-state index contributed by atoms with van der Waals surface area (Å²) in [5, 5.41) is 4.43. The Labute approximate surface area is 153 Å². The van der Waals surface area contributed by atoms with E-state index in [0.717, 1.165) is 0 Å². The van der Waals surface area contributed by atoms with Gasteiger partial charge in [-0.2, -0.15) is 13.2 Å². The Kier molecular flexibility index (Phi) is 5.34. The fourth-order valence-electron chi connectivity index (χ4n) is 2.80. The third-order valence-corrected chi connectivity index (χ3v) is 4.17. The first-order valence-corrected chi connectivity index (χ1v) is 8.34. The van der Waals surface area contributed by atoms with E-state index in [1.54, 1.807) is 36.4 Å². The van der Waals surface area contributed by atoms with Crippen LogP contribution in [0, 0.1) is 5.92 Å². The van der Waals surface area contributed by atoms with Crippen molar-refractivity contribution in [2.75, 3.05) is 5.32 Å². The summed E-state index contributed by atoms with van der Waals surface area (Å²) < 4.78 is 43.7. The van der Waals surface area contributed by atoms with E-state index in [-0.39, 0.29) is 12.8 Å². The highest BCUT2D eigenvalue weighted by molar-refractivity contribution is 6.06. The van der Waals surface area contributed by atoms with Crippen LogP contribution in [0.1, 0.15) is 12.8 Å². The zero-order valence-electron chi connectivity index (χ0n) is 14.1. The van der Waals surface area contributed by atoms with Crippen LogP contribution < -0.4 is 15.4 Å². The van der Waals surface area contributed by atoms with Gasteiger partial charge in [0.2, 0.25) is 11.8 Å². The lowest BCUT2D eigenvalue weighted by atomic mass is 9.92. The first-order chi connectivity index (χ1) is 12.8. The van der Waals surface area contributed by atoms with Crippen molar-refractivity contribution in [2.45, 2.75) is 25.1 Å². The molecule has 142 valence electrons. The minimum absolute atomic E-state index is 0.165. The van der Waals surface area contributed by atoms with Gasteiger partial charge in [0.25, 0.3) is 0 Å². The molecule has 2 unspecified atom stereocenters. The first kappa shape index (κ1) is 18.8. The van der Waals surface area contributed by atoms with Gasteiger partial charge in [-0.15, -0.1) is 0 Å². The molecule has 2 atom stereocenters. The Morgan fingerprint density at radius 1 is 1.04 bits per heavy atom. The van der Waals surface area contributed by atoms with Crippen LogP contribution in [0.25, 0.3) is 0 Å². The van der Waals surface area contributed by atoms with E-state index in [0.29, 0.717) is 17.2 Å². The predicted octanol–water partition coefficient (Wildman–Crippen LogP) is 3.87. The number of benzene rings is 2. The quantitative estimate of drug-likeness (QED) is 0.794. The van der Waals surface area contributed by atoms with Gasteiger partial charge in [0.05, 0.1) is 0 Å². The lowest BCUT2D eigenvalue weighted by Crippen LogP contribution is -2.53. The van der Waals surface area contributed by atoms with Gasteiger partial charge in [-0.1, -0.05) is 24.3 Å². The maximum absolute atomic E-state index is 12.7. The second-order valence-corrected chi connectivity index (χ2v) is 6.16. The number of ether oxygens (including phenoxy) is 1. The molecule has 2 aromatic rings. The van der Waals surface area contributed by atoms with Crippen LogP contribution in [0.4, 0.5) is 18.9 Å². The predicted molar refractivity (Wildman–Crippen MR) is 92.3 cm³/mol. The van der Waals surface area contributed by atoms with Crippen molar-refractivity contribution >= 4 is 17.5 Å². The zero-order valence-corrected chi connectivity index (χ0v) is 14.1. The minimum atomic E-state index is -4.51. The highest BCUT2D eigenvalue weighted by atomic mass is 19.4. The molecule has 1 aliphatic rings. The third kappa shape index (κ3) is 4.78. The maximum atomic E-state index is 12.7. The van der Waals surface area contributed by atoms with E-state index < -0.39 is 30.0 Å². The van der Waals surface area contributed by atoms with Gasteiger partial charge >= 0.3 is 6.18 Å². The molecule has 0 spiro atoms. The second-order valence-electron chi connectivity index (χ2n) is 6.16. The van der Waals surface area contributed by atoms with Gasteiger partial charge in [0.15, 0.2) is 0 Å². The summed E-state index contributed by atoms with van der Waals surface area (Å²) in [6.07, 6.45) is -5.01. The molecule has 2 aromatic carbocycles. The van der Waals surface area contributed by atoms with Crippen LogP contribution in [-0.4, -0.2) is 24.0 Å². The van der Waals surface area contributed by atoms with E-state index >= 15 is 0 Å². The van der Waals surface area contributed by atoms with Gasteiger partial charge in [0.1, 0.15) is 23.5 Å². The number of amides is 2. The average Bonchev–Trinajstić information content (AvgIpc) is 2.62. The van der Waals surface area contributed by atoms with Crippen molar-refractivity contribution in [1.29, 1.82) is 0 Å². The fourth-order valence-corrected chi connectivity index (χ4v) is 2.80. The molecule has 2 amide bonds. The van der Waals surface area contributed by atoms with Crippen molar-refractivity contribution in [2.24, 2.45) is 5.92 Å². The topological polar surface area (TPSA) is 67.4 Å². The van der Waals surface area contributed by atoms with E-state index in [4.69, 9.17) is 4.74 Å². The number of hydrogen-bond donors (Lipinski definition) is 2. The number of nitrogens with one attached hydrogen (secondary N) is 2. The molecule has 2 N–H and O–H groups in total. The van der Waals surface area contributed by atoms with E-state index in [9.17, 15) is 22.8 Å². The molecule has 0 radical (unpaired) electrons. The SMILES string of the molecule is O=C(Nc1cccc(Oc2ccccc2)c1)C1CCC(C(F)(F)F)NC1=O. The van der Waals surface area contributed by atoms with Crippen molar-refractivity contribution < 1.29 is 27.5 Å². The highest BCUT2D eigenvalue weighted by Gasteiger charge is 2.45. The van der Waals surface area contributed by atoms with Crippen LogP contribution in [0.2, 0.25) is 0 Å². The molecule has 1 saturated heterocycles. The Morgan fingerprint density at radius 3 is 2.41 bits per heavy atom. The van der Waals surface area contributed by atoms with E-state index in [2.05, 4.69) is 5.32 Å². The Morgan fingerprint density at radius 2 is 1.74 bits per heavy atom. The van der Waals surface area contributed by atoms with E-state index in [1.165, 1.54) is 0 Å². The summed E-state index contributed by atoms with van der Waals surface area (Å²) >= 11 is 0. The monoisotopic (exact) mass is 378 g/mol. The average molecular weight is 378 g/mol.